The van der Waals surface area contributed by atoms with E-state index in [1.54, 1.807) is 87.5 Å². The molecule has 0 aliphatic heterocycles. The van der Waals surface area contributed by atoms with Crippen LogP contribution in [0.2, 0.25) is 0 Å². The van der Waals surface area contributed by atoms with Crippen molar-refractivity contribution in [1.29, 1.82) is 0 Å². The summed E-state index contributed by atoms with van der Waals surface area (Å²) in [5.74, 6) is -1.32. The Labute approximate surface area is 175 Å². The molecule has 0 saturated carbocycles. The van der Waals surface area contributed by atoms with Crippen LogP contribution < -0.4 is 9.47 Å². The summed E-state index contributed by atoms with van der Waals surface area (Å²) in [6.45, 7) is 5.26. The molecule has 0 aliphatic rings. The van der Waals surface area contributed by atoms with E-state index in [-0.39, 0.29) is 28.8 Å². The lowest BCUT2D eigenvalue weighted by Crippen LogP contribution is -2.16. The average molecular weight is 402 g/mol. The van der Waals surface area contributed by atoms with Crippen LogP contribution in [-0.4, -0.2) is 17.7 Å². The molecule has 152 valence electrons. The minimum absolute atomic E-state index is 0.0593. The molecule has 0 saturated heterocycles. The number of ether oxygens (including phenoxy) is 2. The highest BCUT2D eigenvalue weighted by Crippen LogP contribution is 2.32. The highest BCUT2D eigenvalue weighted by Gasteiger charge is 2.22. The molecule has 5 nitrogen and oxygen atoms in total. The van der Waals surface area contributed by atoms with Crippen molar-refractivity contribution < 1.29 is 23.9 Å². The van der Waals surface area contributed by atoms with Crippen molar-refractivity contribution in [3.05, 3.63) is 95.1 Å². The summed E-state index contributed by atoms with van der Waals surface area (Å²) in [5.41, 5.74) is 1.60. The number of Topliss-reactive ketones (excluding diaryl/α,β-unsaturated/α-hetero) is 1. The molecule has 0 aliphatic carbocycles. The van der Waals surface area contributed by atoms with Crippen LogP contribution in [0.15, 0.2) is 72.8 Å². The van der Waals surface area contributed by atoms with Gasteiger partial charge >= 0.3 is 11.9 Å². The Balaban J connectivity index is 1.97. The van der Waals surface area contributed by atoms with E-state index >= 15 is 0 Å². The molecule has 3 aromatic carbocycles. The van der Waals surface area contributed by atoms with Gasteiger partial charge in [-0.15, -0.1) is 0 Å². The summed E-state index contributed by atoms with van der Waals surface area (Å²) in [5, 5.41) is 0. The minimum Gasteiger partial charge on any atom is -0.423 e. The van der Waals surface area contributed by atoms with E-state index in [1.807, 2.05) is 0 Å². The molecule has 0 aromatic heterocycles. The van der Waals surface area contributed by atoms with E-state index < -0.39 is 11.9 Å². The number of hydrogen-bond donors (Lipinski definition) is 0. The number of ketones is 1. The summed E-state index contributed by atoms with van der Waals surface area (Å²) >= 11 is 0. The molecule has 0 N–H and O–H groups in total. The van der Waals surface area contributed by atoms with Gasteiger partial charge in [0.05, 0.1) is 16.7 Å². The summed E-state index contributed by atoms with van der Waals surface area (Å²) in [4.78, 5) is 37.7. The van der Waals surface area contributed by atoms with E-state index in [0.717, 1.165) is 0 Å². The maximum atomic E-state index is 12.7. The first kappa shape index (κ1) is 21.0. The largest absolute Gasteiger partial charge is 0.423 e. The fourth-order valence-electron chi connectivity index (χ4n) is 2.83. The van der Waals surface area contributed by atoms with E-state index in [2.05, 4.69) is 0 Å². The fraction of sp³-hybridized carbons (Fsp3) is 0.160. The predicted octanol–water partition coefficient (Wildman–Crippen LogP) is 5.27. The fourth-order valence-corrected chi connectivity index (χ4v) is 2.83. The molecule has 0 fully saturated rings. The van der Waals surface area contributed by atoms with E-state index in [0.29, 0.717) is 16.7 Å². The van der Waals surface area contributed by atoms with Crippen LogP contribution in [0.25, 0.3) is 0 Å². The number of esters is 2. The lowest BCUT2D eigenvalue weighted by Gasteiger charge is -2.15. The van der Waals surface area contributed by atoms with Gasteiger partial charge in [-0.3, -0.25) is 4.79 Å². The molecule has 0 unspecified atom stereocenters. The molecule has 0 heterocycles. The van der Waals surface area contributed by atoms with E-state index in [1.165, 1.54) is 6.07 Å². The van der Waals surface area contributed by atoms with Gasteiger partial charge in [-0.1, -0.05) is 50.2 Å². The molecular weight excluding hydrogens is 380 g/mol. The highest BCUT2D eigenvalue weighted by molar-refractivity contribution is 6.02. The van der Waals surface area contributed by atoms with Gasteiger partial charge in [0, 0.05) is 12.0 Å². The van der Waals surface area contributed by atoms with Crippen molar-refractivity contribution in [3.8, 4) is 11.5 Å². The smallest absolute Gasteiger partial charge is 0.343 e. The number of hydrogen-bond acceptors (Lipinski definition) is 5. The lowest BCUT2D eigenvalue weighted by atomic mass is 9.98. The minimum atomic E-state index is -0.599. The number of carbonyl (C=O) groups is 3. The predicted molar refractivity (Wildman–Crippen MR) is 113 cm³/mol. The van der Waals surface area contributed by atoms with Gasteiger partial charge in [-0.25, -0.2) is 9.59 Å². The van der Waals surface area contributed by atoms with Gasteiger partial charge in [0.25, 0.3) is 0 Å². The molecule has 0 bridgehead atoms. The third-order valence-electron chi connectivity index (χ3n) is 4.49. The number of aryl methyl sites for hydroxylation is 1. The molecular formula is C25H22O5. The van der Waals surface area contributed by atoms with Gasteiger partial charge in [-0.05, 0) is 42.8 Å². The Morgan fingerprint density at radius 3 is 1.63 bits per heavy atom. The van der Waals surface area contributed by atoms with Crippen LogP contribution in [-0.2, 0) is 0 Å². The van der Waals surface area contributed by atoms with E-state index in [9.17, 15) is 14.4 Å². The van der Waals surface area contributed by atoms with Crippen molar-refractivity contribution >= 4 is 17.7 Å². The Morgan fingerprint density at radius 1 is 0.700 bits per heavy atom. The van der Waals surface area contributed by atoms with E-state index in [4.69, 9.17) is 9.47 Å². The zero-order chi connectivity index (χ0) is 21.7. The molecule has 0 amide bonds. The average Bonchev–Trinajstić information content (AvgIpc) is 2.76. The molecule has 0 radical (unpaired) electrons. The molecule has 0 atom stereocenters. The third kappa shape index (κ3) is 4.81. The molecule has 3 rings (SSSR count). The highest BCUT2D eigenvalue weighted by atomic mass is 16.5. The van der Waals surface area contributed by atoms with Crippen molar-refractivity contribution in [2.45, 2.75) is 20.8 Å². The Bertz CT molecular complexity index is 1070. The summed E-state index contributed by atoms with van der Waals surface area (Å²) in [7, 11) is 0. The molecule has 3 aromatic rings. The summed E-state index contributed by atoms with van der Waals surface area (Å²) in [6, 6.07) is 20.0. The second-order valence-electron chi connectivity index (χ2n) is 7.14. The summed E-state index contributed by atoms with van der Waals surface area (Å²) < 4.78 is 11.0. The van der Waals surface area contributed by atoms with Crippen LogP contribution in [0.1, 0.15) is 50.5 Å². The lowest BCUT2D eigenvalue weighted by molar-refractivity contribution is 0.0730. The standard InChI is InChI=1S/C25H22O5/c1-16(2)23(26)20-14-17(3)21(29-24(27)18-10-6-4-7-11-18)15-22(20)30-25(28)19-12-8-5-9-13-19/h4-16H,1-3H3. The molecule has 0 spiro atoms. The number of rotatable bonds is 6. The van der Waals surface area contributed by atoms with Gasteiger partial charge < -0.3 is 9.47 Å². The van der Waals surface area contributed by atoms with Crippen LogP contribution in [0.3, 0.4) is 0 Å². The van der Waals surface area contributed by atoms with Crippen molar-refractivity contribution in [2.75, 3.05) is 0 Å². The monoisotopic (exact) mass is 402 g/mol. The first-order valence-corrected chi connectivity index (χ1v) is 9.60. The quantitative estimate of drug-likeness (QED) is 0.319. The zero-order valence-corrected chi connectivity index (χ0v) is 17.0. The Hall–Kier alpha value is -3.73. The van der Waals surface area contributed by atoms with Crippen LogP contribution in [0.5, 0.6) is 11.5 Å². The molecule has 30 heavy (non-hydrogen) atoms. The SMILES string of the molecule is Cc1cc(C(=O)C(C)C)c(OC(=O)c2ccccc2)cc1OC(=O)c1ccccc1. The number of carbonyl (C=O) groups excluding carboxylic acids is 3. The first-order valence-electron chi connectivity index (χ1n) is 9.60. The van der Waals surface area contributed by atoms with Crippen molar-refractivity contribution in [1.82, 2.24) is 0 Å². The van der Waals surface area contributed by atoms with Crippen LogP contribution in [0, 0.1) is 12.8 Å². The van der Waals surface area contributed by atoms with Gasteiger partial charge in [0.1, 0.15) is 11.5 Å². The third-order valence-corrected chi connectivity index (χ3v) is 4.49. The van der Waals surface area contributed by atoms with Gasteiger partial charge in [0.15, 0.2) is 5.78 Å². The summed E-state index contributed by atoms with van der Waals surface area (Å²) in [6.07, 6.45) is 0. The van der Waals surface area contributed by atoms with Gasteiger partial charge in [-0.2, -0.15) is 0 Å². The van der Waals surface area contributed by atoms with Crippen molar-refractivity contribution in [2.24, 2.45) is 5.92 Å². The topological polar surface area (TPSA) is 69.7 Å². The first-order chi connectivity index (χ1) is 14.4. The van der Waals surface area contributed by atoms with Crippen molar-refractivity contribution in [3.63, 3.8) is 0 Å². The maximum absolute atomic E-state index is 12.7. The van der Waals surface area contributed by atoms with Crippen LogP contribution >= 0.6 is 0 Å². The normalized spacial score (nSPS) is 10.5. The zero-order valence-electron chi connectivity index (χ0n) is 17.0. The van der Waals surface area contributed by atoms with Crippen LogP contribution in [0.4, 0.5) is 0 Å². The van der Waals surface area contributed by atoms with Gasteiger partial charge in [0.2, 0.25) is 0 Å². The molecule has 5 heteroatoms. The Kier molecular flexibility index (Phi) is 6.42. The maximum Gasteiger partial charge on any atom is 0.343 e. The Morgan fingerprint density at radius 2 is 1.17 bits per heavy atom. The second kappa shape index (κ2) is 9.18. The number of benzene rings is 3. The second-order valence-corrected chi connectivity index (χ2v) is 7.14.